The normalized spacial score (nSPS) is 21.2. The lowest BCUT2D eigenvalue weighted by atomic mass is 9.92. The maximum atomic E-state index is 12.2. The van der Waals surface area contributed by atoms with Gasteiger partial charge in [-0.05, 0) is 48.9 Å². The molecule has 1 atom stereocenters. The Kier molecular flexibility index (Phi) is 4.63. The van der Waals surface area contributed by atoms with E-state index in [4.69, 9.17) is 0 Å². The summed E-state index contributed by atoms with van der Waals surface area (Å²) in [4.78, 5) is 19.4. The van der Waals surface area contributed by atoms with Gasteiger partial charge in [0.1, 0.15) is 5.82 Å². The van der Waals surface area contributed by atoms with E-state index in [1.54, 1.807) is 6.20 Å². The van der Waals surface area contributed by atoms with Crippen LogP contribution in [-0.4, -0.2) is 41.2 Å². The molecule has 5 nitrogen and oxygen atoms in total. The third-order valence-corrected chi connectivity index (χ3v) is 5.19. The maximum Gasteiger partial charge on any atom is 0.261 e. The highest BCUT2D eigenvalue weighted by Gasteiger charge is 2.34. The number of aliphatic hydroxyl groups is 1. The number of rotatable bonds is 4. The van der Waals surface area contributed by atoms with E-state index in [-0.39, 0.29) is 12.5 Å². The number of hydrogen-bond acceptors (Lipinski definition) is 5. The second-order valence-electron chi connectivity index (χ2n) is 6.05. The van der Waals surface area contributed by atoms with Crippen LogP contribution in [0.2, 0.25) is 0 Å². The van der Waals surface area contributed by atoms with Crippen molar-refractivity contribution in [2.45, 2.75) is 25.4 Å². The first-order valence-electron chi connectivity index (χ1n) is 7.78. The summed E-state index contributed by atoms with van der Waals surface area (Å²) in [5, 5.41) is 15.6. The quantitative estimate of drug-likeness (QED) is 0.901. The third kappa shape index (κ3) is 3.71. The summed E-state index contributed by atoms with van der Waals surface area (Å²) < 4.78 is 0. The molecule has 1 aliphatic heterocycles. The number of β-amino-alcohol motifs (C(OH)–C–C–N with tert-alkyl or cyclic N) is 1. The molecule has 122 valence electrons. The molecule has 1 amide bonds. The molecule has 1 unspecified atom stereocenters. The lowest BCUT2D eigenvalue weighted by Crippen LogP contribution is -2.54. The lowest BCUT2D eigenvalue weighted by molar-refractivity contribution is 0.0255. The summed E-state index contributed by atoms with van der Waals surface area (Å²) >= 11 is 1.43. The predicted octanol–water partition coefficient (Wildman–Crippen LogP) is 2.21. The van der Waals surface area contributed by atoms with Crippen molar-refractivity contribution in [3.63, 3.8) is 0 Å². The summed E-state index contributed by atoms with van der Waals surface area (Å²) in [6, 6.07) is 7.69. The van der Waals surface area contributed by atoms with Crippen molar-refractivity contribution in [1.82, 2.24) is 10.3 Å². The van der Waals surface area contributed by atoms with E-state index in [1.807, 2.05) is 36.6 Å². The van der Waals surface area contributed by atoms with Gasteiger partial charge in [-0.15, -0.1) is 11.3 Å². The largest absolute Gasteiger partial charge is 0.386 e. The Labute approximate surface area is 140 Å². The van der Waals surface area contributed by atoms with Crippen LogP contribution in [0.1, 0.15) is 28.1 Å². The fourth-order valence-corrected chi connectivity index (χ4v) is 3.76. The highest BCUT2D eigenvalue weighted by molar-refractivity contribution is 7.12. The number of hydrogen-bond donors (Lipinski definition) is 2. The Balaban J connectivity index is 1.62. The summed E-state index contributed by atoms with van der Waals surface area (Å²) in [6.07, 6.45) is 3.31. The molecule has 3 heterocycles. The number of aryl methyl sites for hydroxylation is 1. The zero-order valence-corrected chi connectivity index (χ0v) is 14.0. The first-order valence-corrected chi connectivity index (χ1v) is 8.66. The third-order valence-electron chi connectivity index (χ3n) is 4.17. The van der Waals surface area contributed by atoms with Crippen molar-refractivity contribution >= 4 is 23.1 Å². The molecule has 3 rings (SSSR count). The molecule has 23 heavy (non-hydrogen) atoms. The van der Waals surface area contributed by atoms with E-state index in [2.05, 4.69) is 15.2 Å². The molecule has 1 aliphatic rings. The Morgan fingerprint density at radius 3 is 3.04 bits per heavy atom. The standard InChI is InChI=1S/C17H21N3O2S/c1-13-6-10-23-15(13)16(21)19-11-17(22)7-4-9-20(12-17)14-5-2-3-8-18-14/h2-3,5-6,8,10,22H,4,7,9,11-12H2,1H3,(H,19,21). The summed E-state index contributed by atoms with van der Waals surface area (Å²) in [6.45, 7) is 3.53. The van der Waals surface area contributed by atoms with Gasteiger partial charge in [-0.1, -0.05) is 6.07 Å². The fraction of sp³-hybridized carbons (Fsp3) is 0.412. The summed E-state index contributed by atoms with van der Waals surface area (Å²) in [7, 11) is 0. The van der Waals surface area contributed by atoms with E-state index in [1.165, 1.54) is 11.3 Å². The van der Waals surface area contributed by atoms with E-state index < -0.39 is 5.60 Å². The first-order chi connectivity index (χ1) is 11.1. The zero-order valence-electron chi connectivity index (χ0n) is 13.2. The van der Waals surface area contributed by atoms with Crippen LogP contribution >= 0.6 is 11.3 Å². The van der Waals surface area contributed by atoms with Crippen LogP contribution in [0.25, 0.3) is 0 Å². The summed E-state index contributed by atoms with van der Waals surface area (Å²) in [5.41, 5.74) is 0.0506. The molecule has 1 saturated heterocycles. The lowest BCUT2D eigenvalue weighted by Gasteiger charge is -2.39. The van der Waals surface area contributed by atoms with Crippen LogP contribution in [0.5, 0.6) is 0 Å². The number of carbonyl (C=O) groups is 1. The molecule has 0 aliphatic carbocycles. The molecule has 2 aromatic rings. The molecule has 0 saturated carbocycles. The Morgan fingerprint density at radius 1 is 1.48 bits per heavy atom. The van der Waals surface area contributed by atoms with Gasteiger partial charge in [0.15, 0.2) is 0 Å². The van der Waals surface area contributed by atoms with Crippen molar-refractivity contribution < 1.29 is 9.90 Å². The maximum absolute atomic E-state index is 12.2. The number of amides is 1. The predicted molar refractivity (Wildman–Crippen MR) is 92.0 cm³/mol. The van der Waals surface area contributed by atoms with Crippen LogP contribution in [0, 0.1) is 6.92 Å². The number of nitrogens with one attached hydrogen (secondary N) is 1. The van der Waals surface area contributed by atoms with E-state index in [9.17, 15) is 9.90 Å². The van der Waals surface area contributed by atoms with Gasteiger partial charge in [-0.3, -0.25) is 4.79 Å². The molecular formula is C17H21N3O2S. The van der Waals surface area contributed by atoms with Crippen molar-refractivity contribution in [2.24, 2.45) is 0 Å². The van der Waals surface area contributed by atoms with E-state index in [0.717, 1.165) is 24.3 Å². The van der Waals surface area contributed by atoms with Crippen LogP contribution in [0.4, 0.5) is 5.82 Å². The number of anilines is 1. The van der Waals surface area contributed by atoms with Crippen LogP contribution in [0.15, 0.2) is 35.8 Å². The van der Waals surface area contributed by atoms with Crippen molar-refractivity contribution in [3.8, 4) is 0 Å². The SMILES string of the molecule is Cc1ccsc1C(=O)NCC1(O)CCCN(c2ccccn2)C1. The topological polar surface area (TPSA) is 65.5 Å². The van der Waals surface area contributed by atoms with E-state index in [0.29, 0.717) is 17.8 Å². The van der Waals surface area contributed by atoms with Gasteiger partial charge in [0.25, 0.3) is 5.91 Å². The molecule has 2 N–H and O–H groups in total. The highest BCUT2D eigenvalue weighted by Crippen LogP contribution is 2.24. The number of carbonyl (C=O) groups excluding carboxylic acids is 1. The average molecular weight is 331 g/mol. The smallest absolute Gasteiger partial charge is 0.261 e. The molecule has 0 radical (unpaired) electrons. The number of pyridine rings is 1. The van der Waals surface area contributed by atoms with Gasteiger partial charge in [0, 0.05) is 25.8 Å². The Morgan fingerprint density at radius 2 is 2.35 bits per heavy atom. The average Bonchev–Trinajstić information content (AvgIpc) is 3.00. The van der Waals surface area contributed by atoms with Gasteiger partial charge in [0.05, 0.1) is 10.5 Å². The molecule has 0 aromatic carbocycles. The Bertz CT molecular complexity index is 673. The van der Waals surface area contributed by atoms with Crippen molar-refractivity contribution in [1.29, 1.82) is 0 Å². The summed E-state index contributed by atoms with van der Waals surface area (Å²) in [5.74, 6) is 0.756. The molecule has 0 spiro atoms. The second kappa shape index (κ2) is 6.68. The minimum atomic E-state index is -0.920. The Hall–Kier alpha value is -1.92. The van der Waals surface area contributed by atoms with Gasteiger partial charge in [0.2, 0.25) is 0 Å². The molecule has 6 heteroatoms. The number of thiophene rings is 1. The van der Waals surface area contributed by atoms with E-state index >= 15 is 0 Å². The van der Waals surface area contributed by atoms with Gasteiger partial charge >= 0.3 is 0 Å². The molecule has 1 fully saturated rings. The molecule has 0 bridgehead atoms. The van der Waals surface area contributed by atoms with Crippen molar-refractivity contribution in [2.75, 3.05) is 24.5 Å². The van der Waals surface area contributed by atoms with Gasteiger partial charge in [-0.25, -0.2) is 4.98 Å². The second-order valence-corrected chi connectivity index (χ2v) is 6.97. The number of nitrogens with zero attached hydrogens (tertiary/aromatic N) is 2. The fourth-order valence-electron chi connectivity index (χ4n) is 2.92. The minimum Gasteiger partial charge on any atom is -0.386 e. The number of aromatic nitrogens is 1. The molecular weight excluding hydrogens is 310 g/mol. The molecule has 2 aromatic heterocycles. The first kappa shape index (κ1) is 16.0. The monoisotopic (exact) mass is 331 g/mol. The highest BCUT2D eigenvalue weighted by atomic mass is 32.1. The zero-order chi connectivity index (χ0) is 16.3. The van der Waals surface area contributed by atoms with Crippen LogP contribution in [-0.2, 0) is 0 Å². The van der Waals surface area contributed by atoms with Crippen molar-refractivity contribution in [3.05, 3.63) is 46.3 Å². The van der Waals surface area contributed by atoms with Crippen LogP contribution in [0.3, 0.4) is 0 Å². The minimum absolute atomic E-state index is 0.110. The number of piperidine rings is 1. The van der Waals surface area contributed by atoms with Gasteiger partial charge in [-0.2, -0.15) is 0 Å². The van der Waals surface area contributed by atoms with Gasteiger partial charge < -0.3 is 15.3 Å². The van der Waals surface area contributed by atoms with Crippen LogP contribution < -0.4 is 10.2 Å².